The topological polar surface area (TPSA) is 38.7 Å². The van der Waals surface area contributed by atoms with Crippen LogP contribution in [0, 0.1) is 0 Å². The van der Waals surface area contributed by atoms with Crippen molar-refractivity contribution in [3.63, 3.8) is 0 Å². The maximum atomic E-state index is 9.16. The molecule has 0 saturated carbocycles. The van der Waals surface area contributed by atoms with Crippen molar-refractivity contribution in [1.29, 1.82) is 0 Å². The Bertz CT molecular complexity index is 213. The van der Waals surface area contributed by atoms with E-state index >= 15 is 0 Å². The molecule has 1 heterocycles. The molecule has 1 rings (SSSR count). The van der Waals surface area contributed by atoms with Crippen LogP contribution in [0.2, 0.25) is 0 Å². The van der Waals surface area contributed by atoms with Gasteiger partial charge in [-0.15, -0.1) is 0 Å². The van der Waals surface area contributed by atoms with Crippen LogP contribution in [0.25, 0.3) is 0 Å². The van der Waals surface area contributed by atoms with Crippen LogP contribution < -0.4 is 5.32 Å². The van der Waals surface area contributed by atoms with Gasteiger partial charge in [-0.2, -0.15) is 0 Å². The van der Waals surface area contributed by atoms with Gasteiger partial charge in [-0.05, 0) is 52.9 Å². The van der Waals surface area contributed by atoms with Gasteiger partial charge in [0.15, 0.2) is 0 Å². The molecule has 0 radical (unpaired) electrons. The lowest BCUT2D eigenvalue weighted by molar-refractivity contribution is 0.167. The Morgan fingerprint density at radius 3 is 2.83 bits per heavy atom. The van der Waals surface area contributed by atoms with Gasteiger partial charge in [-0.25, -0.2) is 0 Å². The number of aliphatic hydroxyl groups excluding tert-OH is 1. The van der Waals surface area contributed by atoms with E-state index in [0.717, 1.165) is 32.5 Å². The maximum Gasteiger partial charge on any atom is 0.0446 e. The first-order chi connectivity index (χ1) is 8.67. The molecule has 1 fully saturated rings. The van der Waals surface area contributed by atoms with E-state index < -0.39 is 0 Å². The molecule has 0 aromatic heterocycles. The fraction of sp³-hybridized carbons (Fsp3) is 1.00. The van der Waals surface area contributed by atoms with Gasteiger partial charge < -0.3 is 15.3 Å². The Kier molecular flexibility index (Phi) is 7.82. The van der Waals surface area contributed by atoms with E-state index in [9.17, 15) is 0 Å². The molecule has 18 heavy (non-hydrogen) atoms. The zero-order chi connectivity index (χ0) is 13.4. The Hall–Kier alpha value is -0.160. The quantitative estimate of drug-likeness (QED) is 0.706. The lowest BCUT2D eigenvalue weighted by Gasteiger charge is -2.31. The summed E-state index contributed by atoms with van der Waals surface area (Å²) in [5, 5.41) is 12.7. The van der Waals surface area contributed by atoms with Crippen LogP contribution >= 0.6 is 0 Å². The van der Waals surface area contributed by atoms with Crippen LogP contribution in [0.3, 0.4) is 0 Å². The molecule has 4 nitrogen and oxygen atoms in total. The van der Waals surface area contributed by atoms with Crippen LogP contribution in [-0.4, -0.2) is 73.4 Å². The first-order valence-corrected chi connectivity index (χ1v) is 7.44. The van der Waals surface area contributed by atoms with E-state index in [0.29, 0.717) is 12.1 Å². The highest BCUT2D eigenvalue weighted by Gasteiger charge is 2.22. The van der Waals surface area contributed by atoms with Crippen molar-refractivity contribution in [2.45, 2.75) is 45.2 Å². The fourth-order valence-electron chi connectivity index (χ4n) is 2.74. The Morgan fingerprint density at radius 1 is 1.39 bits per heavy atom. The van der Waals surface area contributed by atoms with Gasteiger partial charge in [0.05, 0.1) is 0 Å². The second-order valence-corrected chi connectivity index (χ2v) is 5.62. The number of hydrogen-bond acceptors (Lipinski definition) is 4. The summed E-state index contributed by atoms with van der Waals surface area (Å²) in [6.45, 7) is 10.4. The molecule has 2 unspecified atom stereocenters. The second kappa shape index (κ2) is 8.86. The molecule has 1 aliphatic heterocycles. The smallest absolute Gasteiger partial charge is 0.0446 e. The lowest BCUT2D eigenvalue weighted by Crippen LogP contribution is -2.47. The number of hydrogen-bond donors (Lipinski definition) is 2. The van der Waals surface area contributed by atoms with Crippen molar-refractivity contribution in [1.82, 2.24) is 15.1 Å². The number of likely N-dealkylation sites (N-methyl/N-ethyl adjacent to an activating group) is 1. The summed E-state index contributed by atoms with van der Waals surface area (Å²) in [4.78, 5) is 5.00. The van der Waals surface area contributed by atoms with Crippen molar-refractivity contribution >= 4 is 0 Å². The zero-order valence-corrected chi connectivity index (χ0v) is 12.4. The SMILES string of the molecule is CCCNC(CCO)CN1CCCN(C)CC1C. The highest BCUT2D eigenvalue weighted by Crippen LogP contribution is 2.10. The standard InChI is InChI=1S/C14H31N3O/c1-4-7-15-14(6-10-18)12-17-9-5-8-16(3)11-13(17)2/h13-15,18H,4-12H2,1-3H3. The first-order valence-electron chi connectivity index (χ1n) is 7.44. The highest BCUT2D eigenvalue weighted by molar-refractivity contribution is 4.80. The molecule has 0 spiro atoms. The third kappa shape index (κ3) is 5.65. The van der Waals surface area contributed by atoms with Gasteiger partial charge in [0.1, 0.15) is 0 Å². The molecule has 1 aliphatic rings. The monoisotopic (exact) mass is 257 g/mol. The summed E-state index contributed by atoms with van der Waals surface area (Å²) in [6, 6.07) is 1.04. The van der Waals surface area contributed by atoms with E-state index in [4.69, 9.17) is 5.11 Å². The third-order valence-electron chi connectivity index (χ3n) is 3.80. The first kappa shape index (κ1) is 15.9. The largest absolute Gasteiger partial charge is 0.396 e. The number of nitrogens with zero attached hydrogens (tertiary/aromatic N) is 2. The molecule has 0 amide bonds. The zero-order valence-electron chi connectivity index (χ0n) is 12.4. The normalized spacial score (nSPS) is 25.0. The number of aliphatic hydroxyl groups is 1. The predicted molar refractivity (Wildman–Crippen MR) is 76.9 cm³/mol. The molecule has 0 aromatic carbocycles. The summed E-state index contributed by atoms with van der Waals surface area (Å²) < 4.78 is 0. The average Bonchev–Trinajstić information content (AvgIpc) is 2.48. The van der Waals surface area contributed by atoms with E-state index in [-0.39, 0.29) is 6.61 Å². The van der Waals surface area contributed by atoms with Crippen molar-refractivity contribution in [3.8, 4) is 0 Å². The highest BCUT2D eigenvalue weighted by atomic mass is 16.3. The van der Waals surface area contributed by atoms with Gasteiger partial charge in [-0.1, -0.05) is 6.92 Å². The summed E-state index contributed by atoms with van der Waals surface area (Å²) in [5.74, 6) is 0. The van der Waals surface area contributed by atoms with Crippen LogP contribution in [-0.2, 0) is 0 Å². The van der Waals surface area contributed by atoms with Gasteiger partial charge in [-0.3, -0.25) is 4.90 Å². The maximum absolute atomic E-state index is 9.16. The van der Waals surface area contributed by atoms with Crippen molar-refractivity contribution in [2.75, 3.05) is 46.4 Å². The molecule has 1 saturated heterocycles. The summed E-state index contributed by atoms with van der Waals surface area (Å²) >= 11 is 0. The molecule has 0 aliphatic carbocycles. The molecule has 2 atom stereocenters. The van der Waals surface area contributed by atoms with Crippen molar-refractivity contribution in [3.05, 3.63) is 0 Å². The van der Waals surface area contributed by atoms with E-state index in [2.05, 4.69) is 36.0 Å². The Balaban J connectivity index is 2.44. The minimum absolute atomic E-state index is 0.281. The fourth-order valence-corrected chi connectivity index (χ4v) is 2.74. The summed E-state index contributed by atoms with van der Waals surface area (Å²) in [7, 11) is 2.21. The minimum atomic E-state index is 0.281. The molecular weight excluding hydrogens is 226 g/mol. The predicted octanol–water partition coefficient (Wildman–Crippen LogP) is 0.763. The number of nitrogens with one attached hydrogen (secondary N) is 1. The van der Waals surface area contributed by atoms with E-state index in [1.807, 2.05) is 0 Å². The second-order valence-electron chi connectivity index (χ2n) is 5.62. The summed E-state index contributed by atoms with van der Waals surface area (Å²) in [5.41, 5.74) is 0. The van der Waals surface area contributed by atoms with Crippen LogP contribution in [0.4, 0.5) is 0 Å². The minimum Gasteiger partial charge on any atom is -0.396 e. The average molecular weight is 257 g/mol. The van der Waals surface area contributed by atoms with Gasteiger partial charge in [0, 0.05) is 31.8 Å². The van der Waals surface area contributed by atoms with E-state index in [1.54, 1.807) is 0 Å². The molecule has 4 heteroatoms. The van der Waals surface area contributed by atoms with Crippen LogP contribution in [0.1, 0.15) is 33.1 Å². The molecule has 2 N–H and O–H groups in total. The van der Waals surface area contributed by atoms with E-state index in [1.165, 1.54) is 19.5 Å². The summed E-state index contributed by atoms with van der Waals surface area (Å²) in [6.07, 6.45) is 3.26. The molecule has 0 aromatic rings. The Labute approximate surface area is 112 Å². The molecule has 108 valence electrons. The van der Waals surface area contributed by atoms with Gasteiger partial charge in [0.25, 0.3) is 0 Å². The van der Waals surface area contributed by atoms with Crippen LogP contribution in [0.15, 0.2) is 0 Å². The van der Waals surface area contributed by atoms with Gasteiger partial charge in [0.2, 0.25) is 0 Å². The van der Waals surface area contributed by atoms with Gasteiger partial charge >= 0.3 is 0 Å². The third-order valence-corrected chi connectivity index (χ3v) is 3.80. The molecule has 0 bridgehead atoms. The van der Waals surface area contributed by atoms with Crippen LogP contribution in [0.5, 0.6) is 0 Å². The van der Waals surface area contributed by atoms with Crippen molar-refractivity contribution in [2.24, 2.45) is 0 Å². The number of rotatable bonds is 7. The van der Waals surface area contributed by atoms with Crippen molar-refractivity contribution < 1.29 is 5.11 Å². The molecular formula is C14H31N3O. The lowest BCUT2D eigenvalue weighted by atomic mass is 10.1. The Morgan fingerprint density at radius 2 is 2.17 bits per heavy atom.